The van der Waals surface area contributed by atoms with Crippen molar-refractivity contribution in [2.75, 3.05) is 18.0 Å². The predicted octanol–water partition coefficient (Wildman–Crippen LogP) is 3.80. The highest BCUT2D eigenvalue weighted by Gasteiger charge is 2.18. The summed E-state index contributed by atoms with van der Waals surface area (Å²) in [6.07, 6.45) is 3.84. The highest BCUT2D eigenvalue weighted by atomic mass is 16.5. The van der Waals surface area contributed by atoms with Gasteiger partial charge in [-0.2, -0.15) is 4.98 Å². The lowest BCUT2D eigenvalue weighted by Crippen LogP contribution is -2.24. The van der Waals surface area contributed by atoms with Crippen LogP contribution < -0.4 is 15.2 Å². The monoisotopic (exact) mass is 412 g/mol. The molecule has 0 radical (unpaired) electrons. The molecule has 0 atom stereocenters. The van der Waals surface area contributed by atoms with Crippen LogP contribution in [0.25, 0.3) is 22.2 Å². The van der Waals surface area contributed by atoms with E-state index in [4.69, 9.17) is 4.74 Å². The van der Waals surface area contributed by atoms with Gasteiger partial charge >= 0.3 is 5.97 Å². The Balaban J connectivity index is 1.45. The third-order valence-electron chi connectivity index (χ3n) is 5.39. The van der Waals surface area contributed by atoms with Crippen LogP contribution in [-0.2, 0) is 0 Å². The third-order valence-corrected chi connectivity index (χ3v) is 5.39. The number of carbonyl (C=O) groups is 1. The Morgan fingerprint density at radius 2 is 1.71 bits per heavy atom. The van der Waals surface area contributed by atoms with Gasteiger partial charge in [0.25, 0.3) is 5.56 Å². The maximum absolute atomic E-state index is 12.9. The van der Waals surface area contributed by atoms with Crippen LogP contribution in [0.2, 0.25) is 0 Å². The lowest BCUT2D eigenvalue weighted by molar-refractivity contribution is 0.0735. The van der Waals surface area contributed by atoms with Gasteiger partial charge in [-0.05, 0) is 54.3 Å². The quantitative estimate of drug-likeness (QED) is 0.405. The molecule has 1 saturated heterocycles. The smallest absolute Gasteiger partial charge is 0.343 e. The molecule has 0 saturated carbocycles. The zero-order valence-corrected chi connectivity index (χ0v) is 16.7. The minimum Gasteiger partial charge on any atom is -0.423 e. The van der Waals surface area contributed by atoms with Gasteiger partial charge < -0.3 is 9.64 Å². The van der Waals surface area contributed by atoms with Crippen LogP contribution in [0.1, 0.15) is 23.2 Å². The van der Waals surface area contributed by atoms with Crippen molar-refractivity contribution in [3.8, 4) is 16.9 Å². The summed E-state index contributed by atoms with van der Waals surface area (Å²) in [5.41, 5.74) is 2.23. The third kappa shape index (κ3) is 3.77. The summed E-state index contributed by atoms with van der Waals surface area (Å²) in [6, 6.07) is 17.7. The molecule has 1 fully saturated rings. The van der Waals surface area contributed by atoms with E-state index in [0.717, 1.165) is 37.1 Å². The number of nitrogens with one attached hydrogen (secondary N) is 1. The molecule has 0 spiro atoms. The van der Waals surface area contributed by atoms with Gasteiger partial charge in [-0.15, -0.1) is 0 Å². The summed E-state index contributed by atoms with van der Waals surface area (Å²) in [5, 5.41) is 0.444. The van der Waals surface area contributed by atoms with Crippen LogP contribution >= 0.6 is 0 Å². The Hall–Kier alpha value is -4.00. The van der Waals surface area contributed by atoms with E-state index in [1.165, 1.54) is 0 Å². The largest absolute Gasteiger partial charge is 0.423 e. The summed E-state index contributed by atoms with van der Waals surface area (Å²) in [6.45, 7) is 1.77. The summed E-state index contributed by atoms with van der Waals surface area (Å²) in [4.78, 5) is 39.0. The van der Waals surface area contributed by atoms with Gasteiger partial charge in [-0.25, -0.2) is 9.78 Å². The minimum atomic E-state index is -0.419. The second-order valence-electron chi connectivity index (χ2n) is 7.42. The molecular formula is C24H20N4O3. The van der Waals surface area contributed by atoms with Gasteiger partial charge in [0, 0.05) is 19.3 Å². The van der Waals surface area contributed by atoms with Crippen LogP contribution in [0.15, 0.2) is 71.7 Å². The van der Waals surface area contributed by atoms with E-state index < -0.39 is 5.97 Å². The molecule has 2 aromatic heterocycles. The number of aromatic nitrogens is 3. The predicted molar refractivity (Wildman–Crippen MR) is 118 cm³/mol. The Morgan fingerprint density at radius 1 is 0.968 bits per heavy atom. The molecule has 0 bridgehead atoms. The standard InChI is InChI=1S/C24H20N4O3/c29-22-20-19(12-13-25-21(20)26-24(27-22)28-14-4-5-15-28)16-8-10-18(11-9-16)31-23(30)17-6-2-1-3-7-17/h1-3,6-13H,4-5,14-15H2,(H,25,26,27,29). The fraction of sp³-hybridized carbons (Fsp3) is 0.167. The lowest BCUT2D eigenvalue weighted by Gasteiger charge is -2.16. The Morgan fingerprint density at radius 3 is 2.45 bits per heavy atom. The normalized spacial score (nSPS) is 13.5. The van der Waals surface area contributed by atoms with E-state index in [1.54, 1.807) is 48.7 Å². The molecule has 154 valence electrons. The number of esters is 1. The van der Waals surface area contributed by atoms with Crippen LogP contribution in [-0.4, -0.2) is 34.0 Å². The molecule has 1 aliphatic heterocycles. The minimum absolute atomic E-state index is 0.213. The van der Waals surface area contributed by atoms with Gasteiger partial charge in [0.2, 0.25) is 5.95 Å². The lowest BCUT2D eigenvalue weighted by atomic mass is 10.0. The van der Waals surface area contributed by atoms with Crippen molar-refractivity contribution in [2.24, 2.45) is 0 Å². The van der Waals surface area contributed by atoms with E-state index >= 15 is 0 Å². The second kappa shape index (κ2) is 8.02. The molecule has 1 aliphatic rings. The van der Waals surface area contributed by atoms with Crippen molar-refractivity contribution in [2.45, 2.75) is 12.8 Å². The zero-order valence-electron chi connectivity index (χ0n) is 16.7. The molecule has 7 heteroatoms. The maximum Gasteiger partial charge on any atom is 0.343 e. The summed E-state index contributed by atoms with van der Waals surface area (Å²) in [5.74, 6) is 0.583. The van der Waals surface area contributed by atoms with Crippen molar-refractivity contribution < 1.29 is 9.53 Å². The number of carbonyl (C=O) groups excluding carboxylic acids is 1. The molecule has 31 heavy (non-hydrogen) atoms. The van der Waals surface area contributed by atoms with Gasteiger partial charge in [0.15, 0.2) is 5.65 Å². The van der Waals surface area contributed by atoms with Crippen LogP contribution in [0.4, 0.5) is 5.95 Å². The molecule has 4 aromatic rings. The number of rotatable bonds is 4. The number of pyridine rings is 1. The highest BCUT2D eigenvalue weighted by molar-refractivity contribution is 5.93. The van der Waals surface area contributed by atoms with Crippen molar-refractivity contribution in [3.63, 3.8) is 0 Å². The average molecular weight is 412 g/mol. The fourth-order valence-electron chi connectivity index (χ4n) is 3.81. The van der Waals surface area contributed by atoms with Gasteiger partial charge in [-0.1, -0.05) is 30.3 Å². The van der Waals surface area contributed by atoms with Gasteiger partial charge in [0.1, 0.15) is 5.75 Å². The average Bonchev–Trinajstić information content (AvgIpc) is 3.35. The molecule has 7 nitrogen and oxygen atoms in total. The number of fused-ring (bicyclic) bond motifs is 1. The summed E-state index contributed by atoms with van der Waals surface area (Å²) >= 11 is 0. The number of hydrogen-bond acceptors (Lipinski definition) is 6. The van der Waals surface area contributed by atoms with Crippen molar-refractivity contribution >= 4 is 23.0 Å². The van der Waals surface area contributed by atoms with E-state index in [9.17, 15) is 9.59 Å². The number of aromatic amines is 1. The molecule has 3 heterocycles. The summed E-state index contributed by atoms with van der Waals surface area (Å²) < 4.78 is 5.44. The highest BCUT2D eigenvalue weighted by Crippen LogP contribution is 2.27. The number of benzene rings is 2. The molecule has 0 unspecified atom stereocenters. The molecule has 0 aliphatic carbocycles. The van der Waals surface area contributed by atoms with Gasteiger partial charge in [-0.3, -0.25) is 9.78 Å². The number of H-pyrrole nitrogens is 1. The van der Waals surface area contributed by atoms with Crippen LogP contribution in [0.5, 0.6) is 5.75 Å². The van der Waals surface area contributed by atoms with E-state index in [0.29, 0.717) is 28.3 Å². The molecule has 2 aromatic carbocycles. The maximum atomic E-state index is 12.9. The van der Waals surface area contributed by atoms with E-state index in [-0.39, 0.29) is 5.56 Å². The first kappa shape index (κ1) is 19.0. The SMILES string of the molecule is O=C(Oc1ccc(-c2ccnc3nc(N4CCCC4)[nH]c(=O)c23)cc1)c1ccccc1. The molecule has 0 amide bonds. The van der Waals surface area contributed by atoms with Crippen molar-refractivity contribution in [1.82, 2.24) is 15.0 Å². The number of nitrogens with zero attached hydrogens (tertiary/aromatic N) is 3. The van der Waals surface area contributed by atoms with Crippen molar-refractivity contribution in [1.29, 1.82) is 0 Å². The number of ether oxygens (including phenoxy) is 1. The number of anilines is 1. The first-order chi connectivity index (χ1) is 15.2. The van der Waals surface area contributed by atoms with E-state index in [1.807, 2.05) is 18.2 Å². The van der Waals surface area contributed by atoms with Crippen molar-refractivity contribution in [3.05, 3.63) is 82.8 Å². The molecular weight excluding hydrogens is 392 g/mol. The second-order valence-corrected chi connectivity index (χ2v) is 7.42. The van der Waals surface area contributed by atoms with E-state index in [2.05, 4.69) is 19.9 Å². The fourth-order valence-corrected chi connectivity index (χ4v) is 3.81. The summed E-state index contributed by atoms with van der Waals surface area (Å²) in [7, 11) is 0. The first-order valence-electron chi connectivity index (χ1n) is 10.2. The Kier molecular flexibility index (Phi) is 4.92. The Bertz CT molecular complexity index is 1290. The van der Waals surface area contributed by atoms with Gasteiger partial charge in [0.05, 0.1) is 10.9 Å². The Labute approximate surface area is 178 Å². The van der Waals surface area contributed by atoms with Crippen LogP contribution in [0.3, 0.4) is 0 Å². The zero-order chi connectivity index (χ0) is 21.2. The molecule has 1 N–H and O–H groups in total. The van der Waals surface area contributed by atoms with Crippen LogP contribution in [0, 0.1) is 0 Å². The number of hydrogen-bond donors (Lipinski definition) is 1. The topological polar surface area (TPSA) is 88.2 Å². The first-order valence-corrected chi connectivity index (χ1v) is 10.2. The molecule has 5 rings (SSSR count).